The maximum atomic E-state index is 13.0. The fraction of sp³-hybridized carbons (Fsp3) is 0.458. The normalized spacial score (nSPS) is 15.0. The minimum absolute atomic E-state index is 0.0221. The van der Waals surface area contributed by atoms with Gasteiger partial charge in [-0.2, -0.15) is 0 Å². The standard InChI is InChI=1S/C24H32N2O2S/c1-5-28-22-16-19(18(2)3)10-11-20(24(22)27)17-25-12-14-26(15-13-25)21-8-6-7-9-23(21)29-4/h6-11,16,18H,5,12-15,17H2,1-4H3. The van der Waals surface area contributed by atoms with E-state index in [9.17, 15) is 4.79 Å². The van der Waals surface area contributed by atoms with Gasteiger partial charge in [0.2, 0.25) is 5.43 Å². The minimum Gasteiger partial charge on any atom is -0.490 e. The first-order valence-corrected chi connectivity index (χ1v) is 11.7. The Kier molecular flexibility index (Phi) is 7.62. The summed E-state index contributed by atoms with van der Waals surface area (Å²) in [7, 11) is 0. The smallest absolute Gasteiger partial charge is 0.224 e. The Morgan fingerprint density at radius 1 is 1.07 bits per heavy atom. The van der Waals surface area contributed by atoms with Crippen molar-refractivity contribution in [2.24, 2.45) is 0 Å². The number of thioether (sulfide) groups is 1. The highest BCUT2D eigenvalue weighted by atomic mass is 32.2. The van der Waals surface area contributed by atoms with Crippen molar-refractivity contribution >= 4 is 17.4 Å². The van der Waals surface area contributed by atoms with Gasteiger partial charge in [0, 0.05) is 43.2 Å². The lowest BCUT2D eigenvalue weighted by molar-refractivity contribution is 0.248. The van der Waals surface area contributed by atoms with E-state index < -0.39 is 0 Å². The van der Waals surface area contributed by atoms with Crippen LogP contribution in [-0.4, -0.2) is 43.9 Å². The maximum absolute atomic E-state index is 13.0. The Hall–Kier alpha value is -1.98. The second-order valence-electron chi connectivity index (χ2n) is 7.72. The summed E-state index contributed by atoms with van der Waals surface area (Å²) in [5.41, 5.74) is 3.29. The van der Waals surface area contributed by atoms with Crippen molar-refractivity contribution in [1.82, 2.24) is 4.90 Å². The van der Waals surface area contributed by atoms with E-state index in [1.54, 1.807) is 11.8 Å². The van der Waals surface area contributed by atoms with Crippen molar-refractivity contribution < 1.29 is 4.74 Å². The Morgan fingerprint density at radius 3 is 2.45 bits per heavy atom. The summed E-state index contributed by atoms with van der Waals surface area (Å²) in [5, 5.41) is 0. The van der Waals surface area contributed by atoms with Gasteiger partial charge < -0.3 is 9.64 Å². The summed E-state index contributed by atoms with van der Waals surface area (Å²) in [4.78, 5) is 19.2. The fourth-order valence-electron chi connectivity index (χ4n) is 3.72. The third kappa shape index (κ3) is 5.34. The molecule has 0 unspecified atom stereocenters. The fourth-order valence-corrected chi connectivity index (χ4v) is 4.34. The monoisotopic (exact) mass is 412 g/mol. The third-order valence-electron chi connectivity index (χ3n) is 5.45. The number of hydrogen-bond donors (Lipinski definition) is 0. The van der Waals surface area contributed by atoms with E-state index in [1.807, 2.05) is 19.1 Å². The van der Waals surface area contributed by atoms with E-state index in [1.165, 1.54) is 10.6 Å². The second kappa shape index (κ2) is 10.2. The van der Waals surface area contributed by atoms with Crippen LogP contribution in [0.15, 0.2) is 52.2 Å². The van der Waals surface area contributed by atoms with Gasteiger partial charge in [0.05, 0.1) is 12.3 Å². The number of benzene rings is 1. The van der Waals surface area contributed by atoms with Gasteiger partial charge >= 0.3 is 0 Å². The highest BCUT2D eigenvalue weighted by Gasteiger charge is 2.20. The second-order valence-corrected chi connectivity index (χ2v) is 8.57. The van der Waals surface area contributed by atoms with Gasteiger partial charge in [-0.25, -0.2) is 0 Å². The molecule has 156 valence electrons. The first-order chi connectivity index (χ1) is 14.0. The lowest BCUT2D eigenvalue weighted by atomic mass is 10.1. The molecule has 1 aliphatic heterocycles. The molecule has 0 atom stereocenters. The van der Waals surface area contributed by atoms with Crippen LogP contribution < -0.4 is 15.1 Å². The average Bonchev–Trinajstić information content (AvgIpc) is 2.89. The molecule has 5 heteroatoms. The summed E-state index contributed by atoms with van der Waals surface area (Å²) >= 11 is 1.79. The van der Waals surface area contributed by atoms with Gasteiger partial charge in [0.15, 0.2) is 5.75 Å². The number of rotatable bonds is 7. The molecule has 1 fully saturated rings. The zero-order valence-electron chi connectivity index (χ0n) is 18.0. The topological polar surface area (TPSA) is 32.8 Å². The molecule has 0 aromatic heterocycles. The zero-order chi connectivity index (χ0) is 20.8. The van der Waals surface area contributed by atoms with Gasteiger partial charge in [0.1, 0.15) is 0 Å². The van der Waals surface area contributed by atoms with Crippen molar-refractivity contribution in [2.45, 2.75) is 38.1 Å². The van der Waals surface area contributed by atoms with Gasteiger partial charge in [-0.05, 0) is 42.9 Å². The Balaban J connectivity index is 1.74. The highest BCUT2D eigenvalue weighted by molar-refractivity contribution is 7.98. The molecule has 1 saturated heterocycles. The van der Waals surface area contributed by atoms with Crippen molar-refractivity contribution in [1.29, 1.82) is 0 Å². The van der Waals surface area contributed by atoms with Gasteiger partial charge in [0.25, 0.3) is 0 Å². The molecule has 2 aromatic rings. The van der Waals surface area contributed by atoms with Crippen LogP contribution >= 0.6 is 11.8 Å². The molecule has 0 amide bonds. The maximum Gasteiger partial charge on any atom is 0.224 e. The van der Waals surface area contributed by atoms with Crippen LogP contribution in [0.2, 0.25) is 0 Å². The van der Waals surface area contributed by atoms with Crippen LogP contribution in [0.5, 0.6) is 5.75 Å². The van der Waals surface area contributed by atoms with Crippen LogP contribution in [0.25, 0.3) is 0 Å². The highest BCUT2D eigenvalue weighted by Crippen LogP contribution is 2.29. The lowest BCUT2D eigenvalue weighted by Gasteiger charge is -2.36. The van der Waals surface area contributed by atoms with E-state index in [4.69, 9.17) is 4.74 Å². The van der Waals surface area contributed by atoms with Crippen LogP contribution in [0.1, 0.15) is 37.8 Å². The first-order valence-electron chi connectivity index (χ1n) is 10.4. The molecule has 0 bridgehead atoms. The quantitative estimate of drug-likeness (QED) is 0.620. The van der Waals surface area contributed by atoms with E-state index in [0.29, 0.717) is 24.8 Å². The van der Waals surface area contributed by atoms with Gasteiger partial charge in [-0.3, -0.25) is 9.69 Å². The largest absolute Gasteiger partial charge is 0.490 e. The molecule has 2 aromatic carbocycles. The average molecular weight is 413 g/mol. The van der Waals surface area contributed by atoms with Crippen LogP contribution in [-0.2, 0) is 6.54 Å². The van der Waals surface area contributed by atoms with Crippen LogP contribution in [0.4, 0.5) is 5.69 Å². The van der Waals surface area contributed by atoms with E-state index in [-0.39, 0.29) is 5.43 Å². The molecule has 0 spiro atoms. The SMILES string of the molecule is CCOc1cc(C(C)C)ccc(CN2CCN(c3ccccc3SC)CC2)c1=O. The molecule has 4 nitrogen and oxygen atoms in total. The Morgan fingerprint density at radius 2 is 1.79 bits per heavy atom. The number of para-hydroxylation sites is 1. The van der Waals surface area contributed by atoms with Crippen molar-refractivity contribution in [3.05, 3.63) is 63.8 Å². The summed E-state index contributed by atoms with van der Waals surface area (Å²) in [6.45, 7) is 11.2. The summed E-state index contributed by atoms with van der Waals surface area (Å²) in [6.07, 6.45) is 2.13. The first kappa shape index (κ1) is 21.7. The molecule has 3 rings (SSSR count). The van der Waals surface area contributed by atoms with Gasteiger partial charge in [-0.1, -0.05) is 38.1 Å². The molecule has 0 saturated carbocycles. The summed E-state index contributed by atoms with van der Waals surface area (Å²) in [5.74, 6) is 0.831. The van der Waals surface area contributed by atoms with E-state index in [0.717, 1.165) is 37.3 Å². The van der Waals surface area contributed by atoms with Crippen molar-refractivity contribution in [3.63, 3.8) is 0 Å². The molecular formula is C24H32N2O2S. The number of ether oxygens (including phenoxy) is 1. The summed E-state index contributed by atoms with van der Waals surface area (Å²) in [6, 6.07) is 14.6. The van der Waals surface area contributed by atoms with Crippen LogP contribution in [0.3, 0.4) is 0 Å². The van der Waals surface area contributed by atoms with E-state index in [2.05, 4.69) is 60.2 Å². The number of hydrogen-bond acceptors (Lipinski definition) is 5. The lowest BCUT2D eigenvalue weighted by Crippen LogP contribution is -2.46. The molecular weight excluding hydrogens is 380 g/mol. The Labute approximate surface area is 178 Å². The predicted octanol–water partition coefficient (Wildman–Crippen LogP) is 4.61. The van der Waals surface area contributed by atoms with E-state index >= 15 is 0 Å². The molecule has 1 aliphatic rings. The molecule has 1 heterocycles. The molecule has 0 N–H and O–H groups in total. The molecule has 0 radical (unpaired) electrons. The van der Waals surface area contributed by atoms with Crippen molar-refractivity contribution in [2.75, 3.05) is 43.9 Å². The zero-order valence-corrected chi connectivity index (χ0v) is 18.8. The third-order valence-corrected chi connectivity index (χ3v) is 6.23. The molecule has 0 aliphatic carbocycles. The number of piperazine rings is 1. The Bertz CT molecular complexity index is 877. The van der Waals surface area contributed by atoms with Gasteiger partial charge in [-0.15, -0.1) is 11.8 Å². The summed E-state index contributed by atoms with van der Waals surface area (Å²) < 4.78 is 5.68. The number of anilines is 1. The minimum atomic E-state index is 0.0221. The predicted molar refractivity (Wildman–Crippen MR) is 124 cm³/mol. The van der Waals surface area contributed by atoms with Crippen molar-refractivity contribution in [3.8, 4) is 5.75 Å². The molecule has 29 heavy (non-hydrogen) atoms. The number of nitrogens with zero attached hydrogens (tertiary/aromatic N) is 2. The van der Waals surface area contributed by atoms with Crippen LogP contribution in [0, 0.1) is 0 Å².